The number of hydrogen-bond donors (Lipinski definition) is 0. The van der Waals surface area contributed by atoms with Gasteiger partial charge < -0.3 is 24.8 Å². The largest absolute Gasteiger partial charge is 1.00 e. The molecule has 0 saturated carbocycles. The molecular formula is C30H36Cl2GeHf-2. The van der Waals surface area contributed by atoms with Crippen molar-refractivity contribution >= 4 is 21.2 Å². The summed E-state index contributed by atoms with van der Waals surface area (Å²) in [6.45, 7) is 12.9. The molecule has 0 fully saturated rings. The van der Waals surface area contributed by atoms with Crippen LogP contribution in [0.4, 0.5) is 0 Å². The quantitative estimate of drug-likeness (QED) is 0.331. The van der Waals surface area contributed by atoms with Crippen LogP contribution in [0.2, 0.25) is 11.5 Å². The molecule has 0 radical (unpaired) electrons. The zero-order chi connectivity index (χ0) is 23.8. The molecule has 0 N–H and O–H groups in total. The Morgan fingerprint density at radius 2 is 1.00 bits per heavy atom. The zero-order valence-electron chi connectivity index (χ0n) is 21.7. The average molecular weight is 719 g/mol. The minimum absolute atomic E-state index is 0. The SMILES string of the molecule is CC1=[C-]C(C)C=C1c1cccc(C)c1.CC1=[C-]C(C)C=C1c1cccc(C)c1.[CH3][Ge]([CH3])=[Hf+2].[Cl-].[Cl-]. The fraction of sp³-hybridized carbons (Fsp3) is 0.333. The Hall–Kier alpha value is -0.607. The van der Waals surface area contributed by atoms with Gasteiger partial charge in [-0.05, 0) is 13.8 Å². The molecule has 0 bridgehead atoms. The maximum absolute atomic E-state index is 3.41. The van der Waals surface area contributed by atoms with E-state index in [9.17, 15) is 0 Å². The van der Waals surface area contributed by atoms with E-state index in [1.165, 1.54) is 65.8 Å². The van der Waals surface area contributed by atoms with Crippen LogP contribution in [0.1, 0.15) is 49.9 Å². The van der Waals surface area contributed by atoms with E-state index in [-0.39, 0.29) is 34.9 Å². The molecule has 0 heterocycles. The number of allylic oxidation sites excluding steroid dienone is 8. The molecule has 34 heavy (non-hydrogen) atoms. The van der Waals surface area contributed by atoms with Crippen LogP contribution in [0, 0.1) is 37.8 Å². The topological polar surface area (TPSA) is 0 Å². The molecule has 4 rings (SSSR count). The van der Waals surface area contributed by atoms with E-state index < -0.39 is 0 Å². The standard InChI is InChI=1S/2C14H15.C2H6Ge.2ClH.Hf/c2*1-10-5-4-6-13(8-10)14-9-11(2)7-12(14)3;1-3-2;;;/h2*4-6,8-9,11H,1-3H3;1-2H3;2*1H;/q2*-1;;;;+2/p-2. The van der Waals surface area contributed by atoms with Crippen LogP contribution in [-0.4, -0.2) is 10.1 Å². The van der Waals surface area contributed by atoms with Gasteiger partial charge in [0.2, 0.25) is 0 Å². The first-order valence-electron chi connectivity index (χ1n) is 11.4. The number of halogens is 2. The van der Waals surface area contributed by atoms with Gasteiger partial charge in [-0.25, -0.2) is 11.1 Å². The second-order valence-corrected chi connectivity index (χ2v) is 31.9. The van der Waals surface area contributed by atoms with Gasteiger partial charge in [0, 0.05) is 0 Å². The molecule has 2 aromatic rings. The van der Waals surface area contributed by atoms with Gasteiger partial charge in [-0.3, -0.25) is 12.2 Å². The van der Waals surface area contributed by atoms with E-state index in [1.54, 1.807) is 0 Å². The minimum atomic E-state index is -0.194. The summed E-state index contributed by atoms with van der Waals surface area (Å²) in [6.07, 6.45) is 11.4. The number of aryl methyl sites for hydroxylation is 2. The Bertz CT molecular complexity index is 1010. The van der Waals surface area contributed by atoms with Gasteiger partial charge in [0.25, 0.3) is 0 Å². The molecule has 2 unspecified atom stereocenters. The van der Waals surface area contributed by atoms with Crippen molar-refractivity contribution < 1.29 is 46.1 Å². The summed E-state index contributed by atoms with van der Waals surface area (Å²) in [7, 11) is -0.194. The summed E-state index contributed by atoms with van der Waals surface area (Å²) in [5.41, 5.74) is 10.5. The average Bonchev–Trinajstić information content (AvgIpc) is 3.22. The summed E-state index contributed by atoms with van der Waals surface area (Å²) >= 11 is 1.52. The van der Waals surface area contributed by atoms with Gasteiger partial charge in [0.05, 0.1) is 0 Å². The van der Waals surface area contributed by atoms with E-state index in [2.05, 4.69) is 126 Å². The molecule has 2 aliphatic rings. The van der Waals surface area contributed by atoms with E-state index in [0.29, 0.717) is 11.8 Å². The molecule has 180 valence electrons. The van der Waals surface area contributed by atoms with Crippen molar-refractivity contribution in [1.29, 1.82) is 0 Å². The van der Waals surface area contributed by atoms with Crippen molar-refractivity contribution in [3.8, 4) is 0 Å². The molecule has 0 amide bonds. The third-order valence-electron chi connectivity index (χ3n) is 5.19. The normalized spacial score (nSPS) is 17.8. The predicted octanol–water partition coefficient (Wildman–Crippen LogP) is 2.35. The third-order valence-corrected chi connectivity index (χ3v) is 5.19. The fourth-order valence-corrected chi connectivity index (χ4v) is 3.92. The van der Waals surface area contributed by atoms with Crippen LogP contribution in [0.3, 0.4) is 0 Å². The summed E-state index contributed by atoms with van der Waals surface area (Å²) in [5.74, 6) is 5.72. The Morgan fingerprint density at radius 3 is 1.24 bits per heavy atom. The Morgan fingerprint density at radius 1 is 0.676 bits per heavy atom. The van der Waals surface area contributed by atoms with Gasteiger partial charge in [0.15, 0.2) is 0 Å². The fourth-order valence-electron chi connectivity index (χ4n) is 3.92. The van der Waals surface area contributed by atoms with Crippen molar-refractivity contribution in [3.05, 3.63) is 106 Å². The van der Waals surface area contributed by atoms with Crippen molar-refractivity contribution in [3.63, 3.8) is 0 Å². The Balaban J connectivity index is 0.000000528. The van der Waals surface area contributed by atoms with E-state index >= 15 is 0 Å². The maximum atomic E-state index is 3.41. The predicted molar refractivity (Wildman–Crippen MR) is 139 cm³/mol. The van der Waals surface area contributed by atoms with Gasteiger partial charge >= 0.3 is 42.8 Å². The molecule has 0 nitrogen and oxygen atoms in total. The maximum Gasteiger partial charge on any atom is -1.00 e. The van der Waals surface area contributed by atoms with Gasteiger partial charge in [-0.1, -0.05) is 99.2 Å². The van der Waals surface area contributed by atoms with Crippen LogP contribution < -0.4 is 24.8 Å². The molecule has 0 aromatic heterocycles. The van der Waals surface area contributed by atoms with Crippen LogP contribution in [-0.2, 0) is 21.3 Å². The molecule has 0 spiro atoms. The second kappa shape index (κ2) is 16.2. The van der Waals surface area contributed by atoms with Gasteiger partial charge in [-0.15, -0.1) is 11.1 Å². The van der Waals surface area contributed by atoms with Crippen LogP contribution >= 0.6 is 0 Å². The molecule has 2 atom stereocenters. The summed E-state index contributed by atoms with van der Waals surface area (Å²) < 4.78 is 0. The van der Waals surface area contributed by atoms with E-state index in [1.807, 2.05) is 0 Å². The van der Waals surface area contributed by atoms with Crippen LogP contribution in [0.25, 0.3) is 11.1 Å². The minimum Gasteiger partial charge on any atom is -1.00 e. The van der Waals surface area contributed by atoms with Crippen molar-refractivity contribution in [1.82, 2.24) is 0 Å². The van der Waals surface area contributed by atoms with Crippen LogP contribution in [0.5, 0.6) is 0 Å². The van der Waals surface area contributed by atoms with Gasteiger partial charge in [0.1, 0.15) is 0 Å². The number of rotatable bonds is 2. The van der Waals surface area contributed by atoms with Crippen molar-refractivity contribution in [2.24, 2.45) is 11.8 Å². The molecule has 2 aromatic carbocycles. The molecule has 0 saturated heterocycles. The van der Waals surface area contributed by atoms with Crippen molar-refractivity contribution in [2.45, 2.75) is 53.1 Å². The first-order valence-corrected chi connectivity index (χ1v) is 25.9. The summed E-state index contributed by atoms with van der Waals surface area (Å²) in [6, 6.07) is 17.3. The third kappa shape index (κ3) is 11.0. The molecule has 2 aliphatic carbocycles. The number of hydrogen-bond acceptors (Lipinski definition) is 0. The Kier molecular flexibility index (Phi) is 15.9. The Labute approximate surface area is 236 Å². The number of benzene rings is 2. The van der Waals surface area contributed by atoms with Gasteiger partial charge in [-0.2, -0.15) is 23.3 Å². The summed E-state index contributed by atoms with van der Waals surface area (Å²) in [5, 5.41) is 0. The van der Waals surface area contributed by atoms with E-state index in [0.717, 1.165) is 0 Å². The first-order chi connectivity index (χ1) is 15.1. The summed E-state index contributed by atoms with van der Waals surface area (Å²) in [4.78, 5) is 0. The smallest absolute Gasteiger partial charge is 1.00 e. The zero-order valence-corrected chi connectivity index (χ0v) is 28.9. The van der Waals surface area contributed by atoms with Crippen molar-refractivity contribution in [2.75, 3.05) is 0 Å². The molecular weight excluding hydrogens is 682 g/mol. The van der Waals surface area contributed by atoms with E-state index in [4.69, 9.17) is 0 Å². The first kappa shape index (κ1) is 33.4. The monoisotopic (exact) mass is 720 g/mol. The molecule has 0 aliphatic heterocycles. The molecule has 4 heteroatoms. The second-order valence-electron chi connectivity index (χ2n) is 9.02. The van der Waals surface area contributed by atoms with Crippen LogP contribution in [0.15, 0.2) is 71.8 Å².